The predicted molar refractivity (Wildman–Crippen MR) is 56.2 cm³/mol. The molecule has 0 heterocycles. The van der Waals surface area contributed by atoms with Gasteiger partial charge in [-0.25, -0.2) is 14.2 Å². The van der Waals surface area contributed by atoms with Crippen LogP contribution in [-0.4, -0.2) is 12.2 Å². The van der Waals surface area contributed by atoms with Crippen molar-refractivity contribution in [3.05, 3.63) is 35.4 Å². The van der Waals surface area contributed by atoms with Gasteiger partial charge in [0.25, 0.3) is 0 Å². The maximum atomic E-state index is 12.9. The van der Waals surface area contributed by atoms with Crippen LogP contribution in [0.4, 0.5) is 8.78 Å². The molecule has 0 aliphatic carbocycles. The lowest BCUT2D eigenvalue weighted by Crippen LogP contribution is -2.25. The third-order valence-electron chi connectivity index (χ3n) is 1.35. The van der Waals surface area contributed by atoms with Crippen molar-refractivity contribution in [2.75, 3.05) is 0 Å². The average Bonchev–Trinajstić information content (AvgIpc) is 2.08. The summed E-state index contributed by atoms with van der Waals surface area (Å²) < 4.78 is 25.4. The molecule has 1 rings (SSSR count). The molecule has 0 saturated carbocycles. The summed E-state index contributed by atoms with van der Waals surface area (Å²) in [5.41, 5.74) is 7.14. The quantitative estimate of drug-likeness (QED) is 0.409. The van der Waals surface area contributed by atoms with Crippen molar-refractivity contribution in [1.29, 1.82) is 5.41 Å². The van der Waals surface area contributed by atoms with Crippen molar-refractivity contribution in [3.63, 3.8) is 0 Å². The van der Waals surface area contributed by atoms with E-state index in [2.05, 4.69) is 10.5 Å². The van der Waals surface area contributed by atoms with Gasteiger partial charge in [0, 0.05) is 11.6 Å². The van der Waals surface area contributed by atoms with E-state index in [9.17, 15) is 8.78 Å². The lowest BCUT2D eigenvalue weighted by atomic mass is 10.2. The van der Waals surface area contributed by atoms with Crippen molar-refractivity contribution in [3.8, 4) is 0 Å². The molecule has 82 valence electrons. The van der Waals surface area contributed by atoms with Crippen LogP contribution >= 0.6 is 12.4 Å². The highest BCUT2D eigenvalue weighted by Gasteiger charge is 2.00. The number of halogens is 3. The molecule has 15 heavy (non-hydrogen) atoms. The van der Waals surface area contributed by atoms with E-state index in [0.717, 1.165) is 18.3 Å². The number of nitrogens with one attached hydrogen (secondary N) is 2. The van der Waals surface area contributed by atoms with Gasteiger partial charge in [0.2, 0.25) is 5.96 Å². The third kappa shape index (κ3) is 4.37. The van der Waals surface area contributed by atoms with E-state index in [4.69, 9.17) is 11.1 Å². The van der Waals surface area contributed by atoms with Crippen LogP contribution < -0.4 is 11.2 Å². The molecule has 0 aromatic heterocycles. The Morgan fingerprint density at radius 1 is 1.47 bits per heavy atom. The summed E-state index contributed by atoms with van der Waals surface area (Å²) in [5, 5.41) is 10.2. The first-order valence-electron chi connectivity index (χ1n) is 3.68. The zero-order valence-electron chi connectivity index (χ0n) is 7.50. The summed E-state index contributed by atoms with van der Waals surface area (Å²) in [7, 11) is 0. The number of hydrogen-bond acceptors (Lipinski definition) is 2. The number of rotatable bonds is 2. The van der Waals surface area contributed by atoms with Crippen LogP contribution in [0.3, 0.4) is 0 Å². The normalized spacial score (nSPS) is 9.73. The Morgan fingerprint density at radius 3 is 2.67 bits per heavy atom. The minimum absolute atomic E-state index is 0. The lowest BCUT2D eigenvalue weighted by molar-refractivity contribution is 0.582. The van der Waals surface area contributed by atoms with Gasteiger partial charge in [0.1, 0.15) is 11.6 Å². The fraction of sp³-hybridized carbons (Fsp3) is 0. The van der Waals surface area contributed by atoms with E-state index in [-0.39, 0.29) is 23.9 Å². The van der Waals surface area contributed by atoms with Crippen LogP contribution in [0.1, 0.15) is 5.56 Å². The van der Waals surface area contributed by atoms with E-state index < -0.39 is 11.6 Å². The van der Waals surface area contributed by atoms with E-state index in [1.54, 1.807) is 0 Å². The maximum Gasteiger partial charge on any atom is 0.206 e. The summed E-state index contributed by atoms with van der Waals surface area (Å²) >= 11 is 0. The van der Waals surface area contributed by atoms with Gasteiger partial charge in [-0.05, 0) is 12.1 Å². The van der Waals surface area contributed by atoms with E-state index in [1.165, 1.54) is 6.07 Å². The molecular weight excluding hydrogens is 226 g/mol. The highest BCUT2D eigenvalue weighted by molar-refractivity contribution is 5.85. The van der Waals surface area contributed by atoms with E-state index >= 15 is 0 Å². The topological polar surface area (TPSA) is 74.3 Å². The Bertz CT molecular complexity index is 381. The summed E-state index contributed by atoms with van der Waals surface area (Å²) in [5.74, 6) is -1.73. The van der Waals surface area contributed by atoms with Crippen molar-refractivity contribution in [2.45, 2.75) is 0 Å². The standard InChI is InChI=1S/C8H8F2N4.ClH/c9-6-2-1-5(7(10)3-6)4-13-14-8(11)12;/h1-4H,(H4,11,12,14);1H/b13-4+;. The molecule has 0 unspecified atom stereocenters. The van der Waals surface area contributed by atoms with Crippen molar-refractivity contribution in [2.24, 2.45) is 10.8 Å². The van der Waals surface area contributed by atoms with Crippen LogP contribution in [-0.2, 0) is 0 Å². The molecule has 1 aromatic carbocycles. The number of guanidine groups is 1. The second-order valence-electron chi connectivity index (χ2n) is 2.45. The molecule has 0 aliphatic heterocycles. The fourth-order valence-electron chi connectivity index (χ4n) is 0.778. The van der Waals surface area contributed by atoms with Gasteiger partial charge in [0.05, 0.1) is 6.21 Å². The summed E-state index contributed by atoms with van der Waals surface area (Å²) in [6, 6.07) is 3.09. The Balaban J connectivity index is 0.00000196. The SMILES string of the molecule is Cl.N=C(N)N/N=C/c1ccc(F)cc1F. The minimum Gasteiger partial charge on any atom is -0.369 e. The molecule has 4 nitrogen and oxygen atoms in total. The Labute approximate surface area is 91.1 Å². The maximum absolute atomic E-state index is 12.9. The smallest absolute Gasteiger partial charge is 0.206 e. The summed E-state index contributed by atoms with van der Waals surface area (Å²) in [4.78, 5) is 0. The predicted octanol–water partition coefficient (Wildman–Crippen LogP) is 1.20. The molecule has 0 radical (unpaired) electrons. The van der Waals surface area contributed by atoms with Gasteiger partial charge < -0.3 is 5.73 Å². The van der Waals surface area contributed by atoms with Gasteiger partial charge in [-0.1, -0.05) is 0 Å². The second kappa shape index (κ2) is 5.92. The molecule has 0 bridgehead atoms. The first kappa shape index (κ1) is 13.3. The van der Waals surface area contributed by atoms with Crippen molar-refractivity contribution >= 4 is 24.6 Å². The highest BCUT2D eigenvalue weighted by Crippen LogP contribution is 2.06. The third-order valence-corrected chi connectivity index (χ3v) is 1.35. The molecule has 0 saturated heterocycles. The molecule has 0 spiro atoms. The van der Waals surface area contributed by atoms with Gasteiger partial charge in [-0.2, -0.15) is 5.10 Å². The Kier molecular flexibility index (Phi) is 5.25. The molecule has 0 atom stereocenters. The van der Waals surface area contributed by atoms with Gasteiger partial charge in [0.15, 0.2) is 0 Å². The Morgan fingerprint density at radius 2 is 2.13 bits per heavy atom. The zero-order valence-corrected chi connectivity index (χ0v) is 8.31. The van der Waals surface area contributed by atoms with Crippen LogP contribution in [0.2, 0.25) is 0 Å². The first-order chi connectivity index (χ1) is 6.59. The number of nitrogens with zero attached hydrogens (tertiary/aromatic N) is 1. The minimum atomic E-state index is -0.723. The number of benzene rings is 1. The molecule has 4 N–H and O–H groups in total. The van der Waals surface area contributed by atoms with Crippen LogP contribution in [0.15, 0.2) is 23.3 Å². The summed E-state index contributed by atoms with van der Waals surface area (Å²) in [6.45, 7) is 0. The molecular formula is C8H9ClF2N4. The number of hydrazone groups is 1. The Hall–Kier alpha value is -1.69. The average molecular weight is 235 g/mol. The summed E-state index contributed by atoms with van der Waals surface area (Å²) in [6.07, 6.45) is 1.11. The second-order valence-corrected chi connectivity index (χ2v) is 2.45. The van der Waals surface area contributed by atoms with E-state index in [1.807, 2.05) is 0 Å². The van der Waals surface area contributed by atoms with Gasteiger partial charge >= 0.3 is 0 Å². The monoisotopic (exact) mass is 234 g/mol. The van der Waals surface area contributed by atoms with Crippen molar-refractivity contribution in [1.82, 2.24) is 5.43 Å². The fourth-order valence-corrected chi connectivity index (χ4v) is 0.778. The molecule has 1 aromatic rings. The van der Waals surface area contributed by atoms with Crippen molar-refractivity contribution < 1.29 is 8.78 Å². The largest absolute Gasteiger partial charge is 0.369 e. The van der Waals surface area contributed by atoms with Crippen LogP contribution in [0.25, 0.3) is 0 Å². The van der Waals surface area contributed by atoms with Gasteiger partial charge in [-0.15, -0.1) is 12.4 Å². The molecule has 0 fully saturated rings. The van der Waals surface area contributed by atoms with Gasteiger partial charge in [-0.3, -0.25) is 5.41 Å². The van der Waals surface area contributed by atoms with Crippen LogP contribution in [0.5, 0.6) is 0 Å². The van der Waals surface area contributed by atoms with E-state index in [0.29, 0.717) is 0 Å². The first-order valence-corrected chi connectivity index (χ1v) is 3.68. The highest BCUT2D eigenvalue weighted by atomic mass is 35.5. The molecule has 7 heteroatoms. The zero-order chi connectivity index (χ0) is 10.6. The molecule has 0 aliphatic rings. The van der Waals surface area contributed by atoms with Crippen LogP contribution in [0, 0.1) is 17.0 Å². The lowest BCUT2D eigenvalue weighted by Gasteiger charge is -1.96. The number of hydrogen-bond donors (Lipinski definition) is 3. The number of nitrogens with two attached hydrogens (primary N) is 1. The molecule has 0 amide bonds.